The minimum atomic E-state index is -3.69. The molecule has 106 valence electrons. The number of rotatable bonds is 2. The van der Waals surface area contributed by atoms with Crippen LogP contribution in [-0.4, -0.2) is 17.5 Å². The summed E-state index contributed by atoms with van der Waals surface area (Å²) in [7, 11) is 0. The Morgan fingerprint density at radius 3 is 2.47 bits per heavy atom. The highest BCUT2D eigenvalue weighted by atomic mass is 19.3. The van der Waals surface area contributed by atoms with E-state index in [-0.39, 0.29) is 11.5 Å². The molecule has 1 heterocycles. The van der Waals surface area contributed by atoms with Crippen molar-refractivity contribution in [3.63, 3.8) is 0 Å². The quantitative estimate of drug-likeness (QED) is 0.868. The van der Waals surface area contributed by atoms with Gasteiger partial charge in [0.15, 0.2) is 11.5 Å². The molecule has 1 aromatic rings. The average Bonchev–Trinajstić information content (AvgIpc) is 2.59. The van der Waals surface area contributed by atoms with E-state index in [0.29, 0.717) is 5.56 Å². The zero-order valence-electron chi connectivity index (χ0n) is 11.0. The highest BCUT2D eigenvalue weighted by Crippen LogP contribution is 2.46. The number of nitrogens with two attached hydrogens (primary N) is 1. The van der Waals surface area contributed by atoms with Gasteiger partial charge in [0.25, 0.3) is 0 Å². The van der Waals surface area contributed by atoms with Gasteiger partial charge in [0.05, 0.1) is 12.1 Å². The Morgan fingerprint density at radius 2 is 1.89 bits per heavy atom. The number of halogens is 2. The number of benzene rings is 1. The number of hydrogen-bond donors (Lipinski definition) is 2. The number of aliphatic hydroxyl groups is 1. The minimum absolute atomic E-state index is 0.0703. The van der Waals surface area contributed by atoms with Crippen molar-refractivity contribution in [3.05, 3.63) is 23.8 Å². The molecule has 2 atom stereocenters. The molecule has 0 saturated carbocycles. The highest BCUT2D eigenvalue weighted by Gasteiger charge is 2.45. The normalized spacial score (nSPS) is 20.2. The van der Waals surface area contributed by atoms with Crippen LogP contribution >= 0.6 is 0 Å². The SMILES string of the molecule is CC(C)(C)[C@@H](O)[C@@H](N)c1cccc2c1OC(F)(F)O2. The van der Waals surface area contributed by atoms with Crippen molar-refractivity contribution in [2.45, 2.75) is 39.2 Å². The molecule has 0 bridgehead atoms. The van der Waals surface area contributed by atoms with Crippen LogP contribution in [0.1, 0.15) is 32.4 Å². The van der Waals surface area contributed by atoms with E-state index >= 15 is 0 Å². The largest absolute Gasteiger partial charge is 0.586 e. The van der Waals surface area contributed by atoms with Gasteiger partial charge in [-0.3, -0.25) is 0 Å². The van der Waals surface area contributed by atoms with E-state index in [1.807, 2.05) is 20.8 Å². The van der Waals surface area contributed by atoms with Crippen LogP contribution in [0.4, 0.5) is 8.78 Å². The third-order valence-corrected chi connectivity index (χ3v) is 3.05. The molecule has 0 amide bonds. The number of para-hydroxylation sites is 1. The van der Waals surface area contributed by atoms with Crippen LogP contribution in [0.15, 0.2) is 18.2 Å². The van der Waals surface area contributed by atoms with Crippen LogP contribution in [-0.2, 0) is 0 Å². The molecule has 3 N–H and O–H groups in total. The predicted octanol–water partition coefficient (Wildman–Crippen LogP) is 2.41. The number of fused-ring (bicyclic) bond motifs is 1. The van der Waals surface area contributed by atoms with E-state index in [9.17, 15) is 13.9 Å². The number of hydrogen-bond acceptors (Lipinski definition) is 4. The Bertz CT molecular complexity index is 485. The summed E-state index contributed by atoms with van der Waals surface area (Å²) in [5.41, 5.74) is 5.78. The summed E-state index contributed by atoms with van der Waals surface area (Å²) in [5, 5.41) is 10.2. The van der Waals surface area contributed by atoms with Gasteiger partial charge in [-0.2, -0.15) is 0 Å². The standard InChI is InChI=1S/C13H17F2NO3/c1-12(2,3)11(17)9(16)7-5-4-6-8-10(7)19-13(14,15)18-8/h4-6,9,11,17H,16H2,1-3H3/t9-,11-/m0/s1. The van der Waals surface area contributed by atoms with Crippen LogP contribution in [0.2, 0.25) is 0 Å². The van der Waals surface area contributed by atoms with E-state index in [0.717, 1.165) is 0 Å². The van der Waals surface area contributed by atoms with Gasteiger partial charge in [-0.05, 0) is 11.5 Å². The van der Waals surface area contributed by atoms with Crippen LogP contribution in [0.5, 0.6) is 11.5 Å². The topological polar surface area (TPSA) is 64.7 Å². The Balaban J connectivity index is 2.36. The van der Waals surface area contributed by atoms with Crippen molar-refractivity contribution in [3.8, 4) is 11.5 Å². The molecule has 0 spiro atoms. The number of ether oxygens (including phenoxy) is 2. The third-order valence-electron chi connectivity index (χ3n) is 3.05. The molecule has 0 aliphatic carbocycles. The fourth-order valence-corrected chi connectivity index (χ4v) is 1.96. The lowest BCUT2D eigenvalue weighted by Gasteiger charge is -2.31. The molecule has 1 aliphatic rings. The zero-order valence-corrected chi connectivity index (χ0v) is 11.0. The summed E-state index contributed by atoms with van der Waals surface area (Å²) in [6, 6.07) is 3.61. The summed E-state index contributed by atoms with van der Waals surface area (Å²) in [5.74, 6) is -0.178. The molecule has 0 fully saturated rings. The number of alkyl halides is 2. The molecule has 0 radical (unpaired) electrons. The zero-order chi connectivity index (χ0) is 14.4. The highest BCUT2D eigenvalue weighted by molar-refractivity contribution is 5.50. The second-order valence-electron chi connectivity index (χ2n) is 5.68. The Hall–Kier alpha value is -1.40. The third kappa shape index (κ3) is 2.64. The molecule has 4 nitrogen and oxygen atoms in total. The van der Waals surface area contributed by atoms with Crippen molar-refractivity contribution in [2.75, 3.05) is 0 Å². The first-order valence-corrected chi connectivity index (χ1v) is 5.94. The van der Waals surface area contributed by atoms with Crippen LogP contribution in [0.3, 0.4) is 0 Å². The van der Waals surface area contributed by atoms with Crippen LogP contribution in [0, 0.1) is 5.41 Å². The maximum atomic E-state index is 13.1. The summed E-state index contributed by atoms with van der Waals surface area (Å²) >= 11 is 0. The van der Waals surface area contributed by atoms with Crippen molar-refractivity contribution in [1.82, 2.24) is 0 Å². The maximum Gasteiger partial charge on any atom is 0.586 e. The fraction of sp³-hybridized carbons (Fsp3) is 0.538. The second kappa shape index (κ2) is 4.31. The lowest BCUT2D eigenvalue weighted by atomic mass is 9.82. The minimum Gasteiger partial charge on any atom is -0.395 e. The van der Waals surface area contributed by atoms with Crippen LogP contribution < -0.4 is 15.2 Å². The van der Waals surface area contributed by atoms with E-state index < -0.39 is 23.9 Å². The van der Waals surface area contributed by atoms with Gasteiger partial charge in [0.2, 0.25) is 0 Å². The van der Waals surface area contributed by atoms with Gasteiger partial charge in [0.1, 0.15) is 0 Å². The van der Waals surface area contributed by atoms with Crippen molar-refractivity contribution >= 4 is 0 Å². The van der Waals surface area contributed by atoms with Crippen molar-refractivity contribution in [1.29, 1.82) is 0 Å². The first-order valence-electron chi connectivity index (χ1n) is 5.94. The first-order chi connectivity index (χ1) is 8.62. The van der Waals surface area contributed by atoms with E-state index in [4.69, 9.17) is 5.73 Å². The van der Waals surface area contributed by atoms with Gasteiger partial charge < -0.3 is 20.3 Å². The monoisotopic (exact) mass is 273 g/mol. The van der Waals surface area contributed by atoms with Gasteiger partial charge in [-0.25, -0.2) is 0 Å². The van der Waals surface area contributed by atoms with E-state index in [2.05, 4.69) is 9.47 Å². The van der Waals surface area contributed by atoms with Crippen LogP contribution in [0.25, 0.3) is 0 Å². The number of aliphatic hydroxyl groups excluding tert-OH is 1. The van der Waals surface area contributed by atoms with Crippen molar-refractivity contribution < 1.29 is 23.4 Å². The molecule has 1 aliphatic heterocycles. The molecule has 1 aromatic carbocycles. The second-order valence-corrected chi connectivity index (χ2v) is 5.68. The fourth-order valence-electron chi connectivity index (χ4n) is 1.96. The molecule has 0 unspecified atom stereocenters. The van der Waals surface area contributed by atoms with Gasteiger partial charge in [0, 0.05) is 5.56 Å². The molecular formula is C13H17F2NO3. The molecule has 0 aromatic heterocycles. The van der Waals surface area contributed by atoms with Gasteiger partial charge in [-0.1, -0.05) is 32.9 Å². The predicted molar refractivity (Wildman–Crippen MR) is 65.0 cm³/mol. The smallest absolute Gasteiger partial charge is 0.395 e. The summed E-state index contributed by atoms with van der Waals surface area (Å²) in [4.78, 5) is 0. The summed E-state index contributed by atoms with van der Waals surface area (Å²) in [6.45, 7) is 5.44. The Labute approximate surface area is 110 Å². The molecule has 19 heavy (non-hydrogen) atoms. The molecule has 0 saturated heterocycles. The lowest BCUT2D eigenvalue weighted by Crippen LogP contribution is -2.37. The first kappa shape index (κ1) is 14.0. The van der Waals surface area contributed by atoms with Gasteiger partial charge in [-0.15, -0.1) is 8.78 Å². The lowest BCUT2D eigenvalue weighted by molar-refractivity contribution is -0.287. The van der Waals surface area contributed by atoms with Crippen molar-refractivity contribution in [2.24, 2.45) is 11.1 Å². The van der Waals surface area contributed by atoms with E-state index in [1.54, 1.807) is 6.07 Å². The summed E-state index contributed by atoms with van der Waals surface area (Å²) < 4.78 is 35.0. The molecule has 6 heteroatoms. The Morgan fingerprint density at radius 1 is 1.26 bits per heavy atom. The Kier molecular flexibility index (Phi) is 3.18. The van der Waals surface area contributed by atoms with E-state index in [1.165, 1.54) is 12.1 Å². The molecular weight excluding hydrogens is 256 g/mol. The summed E-state index contributed by atoms with van der Waals surface area (Å²) in [6.07, 6.45) is -4.60. The van der Waals surface area contributed by atoms with Gasteiger partial charge >= 0.3 is 6.29 Å². The maximum absolute atomic E-state index is 13.1. The average molecular weight is 273 g/mol. The molecule has 2 rings (SSSR count).